The van der Waals surface area contributed by atoms with Crippen LogP contribution < -0.4 is 5.32 Å². The highest BCUT2D eigenvalue weighted by atomic mass is 16.1. The van der Waals surface area contributed by atoms with E-state index in [1.165, 1.54) is 23.9 Å². The maximum absolute atomic E-state index is 10.8. The third-order valence-electron chi connectivity index (χ3n) is 1.00. The first-order valence-corrected chi connectivity index (χ1v) is 2.77. The van der Waals surface area contributed by atoms with Gasteiger partial charge in [0.1, 0.15) is 0 Å². The van der Waals surface area contributed by atoms with E-state index >= 15 is 0 Å². The quantitative estimate of drug-likeness (QED) is 0.503. The second kappa shape index (κ2) is 3.03. The molecule has 52 valence electrons. The van der Waals surface area contributed by atoms with Gasteiger partial charge in [0.25, 0.3) is 0 Å². The average Bonchev–Trinajstić information content (AvgIpc) is 2.05. The predicted octanol–water partition coefficient (Wildman–Crippen LogP) is -1.03. The van der Waals surface area contributed by atoms with E-state index < -0.39 is 0 Å². The lowest BCUT2D eigenvalue weighted by molar-refractivity contribution is -0.489. The Morgan fingerprint density at radius 1 is 1.60 bits per heavy atom. The number of nitrogens with zero attached hydrogens (tertiary/aromatic N) is 2. The molecule has 1 heterocycles. The zero-order valence-corrected chi connectivity index (χ0v) is 5.32. The molecule has 1 rings (SSSR count). The molecule has 0 atom stereocenters. The molecule has 1 amide bonds. The summed E-state index contributed by atoms with van der Waals surface area (Å²) in [5.41, 5.74) is 0.331. The fourth-order valence-electron chi connectivity index (χ4n) is 0.531. The van der Waals surface area contributed by atoms with Gasteiger partial charge < -0.3 is 5.32 Å². The molecule has 0 bridgehead atoms. The maximum atomic E-state index is 10.8. The highest BCUT2D eigenvalue weighted by Gasteiger charge is 2.03. The minimum absolute atomic E-state index is 0.201. The fraction of sp³-hybridized carbons (Fsp3) is 0. The molecular formula is C6H7N3O. The second-order valence-corrected chi connectivity index (χ2v) is 1.66. The third-order valence-corrected chi connectivity index (χ3v) is 1.00. The Morgan fingerprint density at radius 3 is 2.90 bits per heavy atom. The number of quaternary nitrogens is 1. The van der Waals surface area contributed by atoms with Crippen LogP contribution in [0.4, 0.5) is 0 Å². The monoisotopic (exact) mass is 137 g/mol. The lowest BCUT2D eigenvalue weighted by Crippen LogP contribution is -2.81. The van der Waals surface area contributed by atoms with Crippen molar-refractivity contribution in [3.63, 3.8) is 0 Å². The molecule has 0 saturated heterocycles. The second-order valence-electron chi connectivity index (χ2n) is 1.66. The number of primary amides is 1. The van der Waals surface area contributed by atoms with Gasteiger partial charge in [0.2, 0.25) is 0 Å². The molecule has 0 fully saturated rings. The summed E-state index contributed by atoms with van der Waals surface area (Å²) in [6.07, 6.45) is 4.39. The molecule has 0 spiro atoms. The lowest BCUT2D eigenvalue weighted by Gasteiger charge is -1.93. The molecule has 2 N–H and O–H groups in total. The highest BCUT2D eigenvalue weighted by Crippen LogP contribution is 1.84. The standard InChI is InChI=1S/C6H7N3O/c1-7-6(10)5-4-8-2-3-9-5/h2-4H,1,7H2. The van der Waals surface area contributed by atoms with Crippen molar-refractivity contribution in [1.82, 2.24) is 9.97 Å². The summed E-state index contributed by atoms with van der Waals surface area (Å²) in [4.78, 5) is 18.3. The van der Waals surface area contributed by atoms with Crippen LogP contribution in [0, 0.1) is 7.05 Å². The summed E-state index contributed by atoms with van der Waals surface area (Å²) >= 11 is 0. The largest absolute Gasteiger partial charge is 0.409 e. The predicted molar refractivity (Wildman–Crippen MR) is 33.6 cm³/mol. The van der Waals surface area contributed by atoms with Gasteiger partial charge in [-0.3, -0.25) is 4.98 Å². The number of rotatable bonds is 1. The average molecular weight is 137 g/mol. The van der Waals surface area contributed by atoms with E-state index in [-0.39, 0.29) is 5.91 Å². The minimum Gasteiger partial charge on any atom is -0.409 e. The topological polar surface area (TPSA) is 59.5 Å². The van der Waals surface area contributed by atoms with Crippen molar-refractivity contribution in [3.8, 4) is 0 Å². The number of hydrogen-bond donors (Lipinski definition) is 1. The van der Waals surface area contributed by atoms with Crippen LogP contribution in [0.15, 0.2) is 18.6 Å². The molecule has 10 heavy (non-hydrogen) atoms. The van der Waals surface area contributed by atoms with Crippen molar-refractivity contribution in [1.29, 1.82) is 0 Å². The van der Waals surface area contributed by atoms with Gasteiger partial charge in [0.15, 0.2) is 5.69 Å². The van der Waals surface area contributed by atoms with E-state index in [0.717, 1.165) is 0 Å². The Hall–Kier alpha value is -1.29. The van der Waals surface area contributed by atoms with Gasteiger partial charge in [-0.05, 0) is 0 Å². The van der Waals surface area contributed by atoms with Crippen LogP contribution in [0.2, 0.25) is 0 Å². The first-order valence-electron chi connectivity index (χ1n) is 2.77. The van der Waals surface area contributed by atoms with Crippen molar-refractivity contribution < 1.29 is 10.1 Å². The van der Waals surface area contributed by atoms with Gasteiger partial charge in [-0.2, -0.15) is 0 Å². The first kappa shape index (κ1) is 6.82. The molecule has 0 aliphatic heterocycles. The van der Waals surface area contributed by atoms with E-state index in [4.69, 9.17) is 0 Å². The zero-order valence-electron chi connectivity index (χ0n) is 5.32. The van der Waals surface area contributed by atoms with Crippen LogP contribution in [0.1, 0.15) is 10.5 Å². The van der Waals surface area contributed by atoms with Gasteiger partial charge in [-0.15, -0.1) is 7.05 Å². The summed E-state index contributed by atoms with van der Waals surface area (Å²) in [5.74, 6) is -0.201. The van der Waals surface area contributed by atoms with Crippen LogP contribution in [0.5, 0.6) is 0 Å². The molecule has 1 aromatic heterocycles. The van der Waals surface area contributed by atoms with E-state index in [0.29, 0.717) is 5.69 Å². The van der Waals surface area contributed by atoms with Crippen LogP contribution in [0.3, 0.4) is 0 Å². The summed E-state index contributed by atoms with van der Waals surface area (Å²) < 4.78 is 0. The first-order chi connectivity index (χ1) is 4.84. The Morgan fingerprint density at radius 2 is 2.40 bits per heavy atom. The van der Waals surface area contributed by atoms with Crippen molar-refractivity contribution >= 4 is 5.91 Å². The Labute approximate surface area is 58.3 Å². The molecule has 0 aliphatic rings. The molecule has 0 aromatic carbocycles. The van der Waals surface area contributed by atoms with Gasteiger partial charge in [-0.1, -0.05) is 0 Å². The van der Waals surface area contributed by atoms with Gasteiger partial charge in [0, 0.05) is 12.4 Å². The Balaban J connectivity index is 2.85. The summed E-state index contributed by atoms with van der Waals surface area (Å²) in [6, 6.07) is 0. The number of amides is 1. The SMILES string of the molecule is [CH2-][NH2+]C(=O)c1cnccn1. The molecule has 0 saturated carbocycles. The van der Waals surface area contributed by atoms with Gasteiger partial charge in [-0.25, -0.2) is 9.78 Å². The summed E-state index contributed by atoms with van der Waals surface area (Å²) in [6.45, 7) is 0. The Bertz CT molecular complexity index is 222. The number of carbonyl (C=O) groups is 1. The molecule has 1 aromatic rings. The molecule has 0 aliphatic carbocycles. The fourth-order valence-corrected chi connectivity index (χ4v) is 0.531. The van der Waals surface area contributed by atoms with Gasteiger partial charge in [0.05, 0.1) is 6.20 Å². The zero-order chi connectivity index (χ0) is 7.40. The minimum atomic E-state index is -0.201. The Kier molecular flexibility index (Phi) is 2.07. The smallest absolute Gasteiger partial charge is 0.336 e. The molecular weight excluding hydrogens is 130 g/mol. The summed E-state index contributed by atoms with van der Waals surface area (Å²) in [7, 11) is 3.32. The van der Waals surface area contributed by atoms with Crippen LogP contribution >= 0.6 is 0 Å². The maximum Gasteiger partial charge on any atom is 0.336 e. The number of carbonyl (C=O) groups excluding carboxylic acids is 1. The highest BCUT2D eigenvalue weighted by molar-refractivity contribution is 5.83. The van der Waals surface area contributed by atoms with Crippen molar-refractivity contribution in [3.05, 3.63) is 31.3 Å². The molecule has 4 nitrogen and oxygen atoms in total. The van der Waals surface area contributed by atoms with E-state index in [1.54, 1.807) is 0 Å². The van der Waals surface area contributed by atoms with Crippen LogP contribution in [-0.4, -0.2) is 15.9 Å². The molecule has 0 radical (unpaired) electrons. The van der Waals surface area contributed by atoms with E-state index in [1.807, 2.05) is 0 Å². The van der Waals surface area contributed by atoms with Crippen LogP contribution in [0.25, 0.3) is 0 Å². The van der Waals surface area contributed by atoms with E-state index in [9.17, 15) is 4.79 Å². The summed E-state index contributed by atoms with van der Waals surface area (Å²) in [5, 5.41) is 1.21. The number of hydrogen-bond acceptors (Lipinski definition) is 3. The number of nitrogens with two attached hydrogens (primary N) is 1. The van der Waals surface area contributed by atoms with E-state index in [2.05, 4.69) is 17.0 Å². The van der Waals surface area contributed by atoms with Crippen molar-refractivity contribution in [2.75, 3.05) is 0 Å². The lowest BCUT2D eigenvalue weighted by atomic mass is 10.4. The van der Waals surface area contributed by atoms with Crippen molar-refractivity contribution in [2.24, 2.45) is 0 Å². The van der Waals surface area contributed by atoms with Crippen LogP contribution in [-0.2, 0) is 0 Å². The molecule has 4 heteroatoms. The van der Waals surface area contributed by atoms with Gasteiger partial charge >= 0.3 is 5.91 Å². The third kappa shape index (κ3) is 1.35. The molecule has 0 unspecified atom stereocenters. The normalized spacial score (nSPS) is 9.30. The van der Waals surface area contributed by atoms with Crippen molar-refractivity contribution in [2.45, 2.75) is 0 Å². The number of aromatic nitrogens is 2.